The van der Waals surface area contributed by atoms with Crippen LogP contribution in [0.25, 0.3) is 0 Å². The van der Waals surface area contributed by atoms with Crippen molar-refractivity contribution in [3.63, 3.8) is 0 Å². The minimum atomic E-state index is -4.71. The largest absolute Gasteiger partial charge is 0.478 e. The van der Waals surface area contributed by atoms with Gasteiger partial charge in [0.05, 0.1) is 10.5 Å². The van der Waals surface area contributed by atoms with Crippen LogP contribution in [0.3, 0.4) is 0 Å². The number of carbonyl (C=O) groups is 1. The maximum absolute atomic E-state index is 12.6. The van der Waals surface area contributed by atoms with Gasteiger partial charge in [0.15, 0.2) is 5.75 Å². The highest BCUT2D eigenvalue weighted by atomic mass is 19.4. The van der Waals surface area contributed by atoms with E-state index in [9.17, 15) is 28.1 Å². The molecule has 0 aromatic heterocycles. The third-order valence-corrected chi connectivity index (χ3v) is 3.34. The molecule has 21 heavy (non-hydrogen) atoms. The second-order valence-electron chi connectivity index (χ2n) is 4.69. The first-order valence-electron chi connectivity index (χ1n) is 5.94. The first kappa shape index (κ1) is 15.1. The molecule has 0 saturated heterocycles. The Morgan fingerprint density at radius 2 is 2.00 bits per heavy atom. The van der Waals surface area contributed by atoms with Crippen LogP contribution in [0.4, 0.5) is 18.9 Å². The number of hydrogen-bond acceptors (Lipinski definition) is 4. The van der Waals surface area contributed by atoms with E-state index in [1.54, 1.807) is 0 Å². The van der Waals surface area contributed by atoms with E-state index in [0.717, 1.165) is 0 Å². The second kappa shape index (κ2) is 4.90. The fraction of sp³-hybridized carbons (Fsp3) is 0.417. The fourth-order valence-corrected chi connectivity index (χ4v) is 1.99. The molecule has 0 aliphatic heterocycles. The Bertz CT molecular complexity index is 595. The van der Waals surface area contributed by atoms with Crippen LogP contribution in [0, 0.1) is 10.1 Å². The van der Waals surface area contributed by atoms with Crippen LogP contribution in [0.1, 0.15) is 24.8 Å². The number of hydrogen-bond donors (Lipinski definition) is 1. The van der Waals surface area contributed by atoms with Crippen LogP contribution in [0.5, 0.6) is 5.75 Å². The third kappa shape index (κ3) is 2.76. The van der Waals surface area contributed by atoms with Crippen LogP contribution >= 0.6 is 0 Å². The van der Waals surface area contributed by atoms with Crippen LogP contribution in [-0.4, -0.2) is 21.6 Å². The lowest BCUT2D eigenvalue weighted by atomic mass is 9.80. The molecule has 2 rings (SSSR count). The number of nitrogens with zero attached hydrogens (tertiary/aromatic N) is 1. The number of alkyl halides is 3. The Balaban J connectivity index is 2.44. The summed E-state index contributed by atoms with van der Waals surface area (Å²) in [6.45, 7) is 0. The van der Waals surface area contributed by atoms with Gasteiger partial charge in [-0.25, -0.2) is 4.79 Å². The molecule has 0 radical (unpaired) electrons. The zero-order chi connectivity index (χ0) is 15.8. The highest BCUT2D eigenvalue weighted by Gasteiger charge is 2.48. The molecule has 1 aromatic carbocycles. The number of rotatable bonds is 4. The molecule has 1 aromatic rings. The molecule has 0 unspecified atom stereocenters. The summed E-state index contributed by atoms with van der Waals surface area (Å²) in [6.07, 6.45) is -3.99. The van der Waals surface area contributed by atoms with Crippen molar-refractivity contribution in [3.8, 4) is 5.75 Å². The number of nitro benzene ring substituents is 1. The van der Waals surface area contributed by atoms with Crippen LogP contribution in [0.2, 0.25) is 0 Å². The third-order valence-electron chi connectivity index (χ3n) is 3.34. The molecule has 6 nitrogen and oxygen atoms in total. The number of halogens is 3. The van der Waals surface area contributed by atoms with Gasteiger partial charge in [-0.15, -0.1) is 0 Å². The summed E-state index contributed by atoms with van der Waals surface area (Å²) >= 11 is 0. The maximum atomic E-state index is 12.6. The molecular formula is C12H10F3NO5. The maximum Gasteiger partial charge on any atom is 0.416 e. The Labute approximate surface area is 116 Å². The molecule has 1 saturated carbocycles. The lowest BCUT2D eigenvalue weighted by Gasteiger charge is -2.37. The predicted molar refractivity (Wildman–Crippen MR) is 62.9 cm³/mol. The van der Waals surface area contributed by atoms with E-state index in [1.807, 2.05) is 0 Å². The number of aliphatic carboxylic acids is 1. The zero-order valence-corrected chi connectivity index (χ0v) is 10.5. The van der Waals surface area contributed by atoms with Gasteiger partial charge in [0.25, 0.3) is 0 Å². The van der Waals surface area contributed by atoms with Crippen molar-refractivity contribution >= 4 is 11.7 Å². The van der Waals surface area contributed by atoms with Crippen molar-refractivity contribution in [2.24, 2.45) is 0 Å². The summed E-state index contributed by atoms with van der Waals surface area (Å²) in [5.41, 5.74) is -3.52. The highest BCUT2D eigenvalue weighted by molar-refractivity contribution is 5.79. The summed E-state index contributed by atoms with van der Waals surface area (Å²) < 4.78 is 43.0. The highest BCUT2D eigenvalue weighted by Crippen LogP contribution is 2.42. The lowest BCUT2D eigenvalue weighted by molar-refractivity contribution is -0.386. The van der Waals surface area contributed by atoms with E-state index < -0.39 is 39.7 Å². The van der Waals surface area contributed by atoms with Crippen molar-refractivity contribution in [1.82, 2.24) is 0 Å². The summed E-state index contributed by atoms with van der Waals surface area (Å²) in [5, 5.41) is 19.9. The number of benzene rings is 1. The monoisotopic (exact) mass is 305 g/mol. The van der Waals surface area contributed by atoms with E-state index in [1.165, 1.54) is 0 Å². The summed E-state index contributed by atoms with van der Waals surface area (Å²) in [5.74, 6) is -2.03. The topological polar surface area (TPSA) is 89.7 Å². The smallest absolute Gasteiger partial charge is 0.416 e. The van der Waals surface area contributed by atoms with Gasteiger partial charge in [0, 0.05) is 6.07 Å². The Hall–Kier alpha value is -2.32. The van der Waals surface area contributed by atoms with Crippen molar-refractivity contribution in [2.45, 2.75) is 31.0 Å². The van der Waals surface area contributed by atoms with Gasteiger partial charge in [-0.2, -0.15) is 13.2 Å². The fourth-order valence-electron chi connectivity index (χ4n) is 1.99. The van der Waals surface area contributed by atoms with Crippen molar-refractivity contribution < 1.29 is 32.7 Å². The molecule has 9 heteroatoms. The molecule has 0 amide bonds. The van der Waals surface area contributed by atoms with Gasteiger partial charge in [-0.3, -0.25) is 10.1 Å². The lowest BCUT2D eigenvalue weighted by Crippen LogP contribution is -2.50. The summed E-state index contributed by atoms with van der Waals surface area (Å²) in [6, 6.07) is 1.67. The minimum Gasteiger partial charge on any atom is -0.478 e. The second-order valence-corrected chi connectivity index (χ2v) is 4.69. The molecule has 1 aliphatic carbocycles. The SMILES string of the molecule is O=C(O)C1(Oc2cc(C(F)(F)F)ccc2[N+](=O)[O-])CCC1. The van der Waals surface area contributed by atoms with Gasteiger partial charge in [-0.05, 0) is 31.4 Å². The molecular weight excluding hydrogens is 295 g/mol. The quantitative estimate of drug-likeness (QED) is 0.682. The van der Waals surface area contributed by atoms with Gasteiger partial charge in [0.1, 0.15) is 0 Å². The number of nitro groups is 1. The van der Waals surface area contributed by atoms with Crippen LogP contribution < -0.4 is 4.74 Å². The standard InChI is InChI=1S/C12H10F3NO5/c13-12(14,15)7-2-3-8(16(19)20)9(6-7)21-11(10(17)18)4-1-5-11/h2-3,6H,1,4-5H2,(H,17,18). The molecule has 0 heterocycles. The molecule has 114 valence electrons. The molecule has 0 spiro atoms. The van der Waals surface area contributed by atoms with E-state index in [4.69, 9.17) is 9.84 Å². The summed E-state index contributed by atoms with van der Waals surface area (Å²) in [7, 11) is 0. The van der Waals surface area contributed by atoms with Crippen molar-refractivity contribution in [2.75, 3.05) is 0 Å². The number of ether oxygens (including phenoxy) is 1. The first-order valence-corrected chi connectivity index (χ1v) is 5.94. The normalized spacial score (nSPS) is 16.9. The Kier molecular flexibility index (Phi) is 3.52. The zero-order valence-electron chi connectivity index (χ0n) is 10.5. The van der Waals surface area contributed by atoms with E-state index in [0.29, 0.717) is 24.6 Å². The molecule has 1 fully saturated rings. The molecule has 1 aliphatic rings. The van der Waals surface area contributed by atoms with Gasteiger partial charge in [-0.1, -0.05) is 0 Å². The van der Waals surface area contributed by atoms with E-state index in [2.05, 4.69) is 0 Å². The van der Waals surface area contributed by atoms with Gasteiger partial charge >= 0.3 is 17.8 Å². The summed E-state index contributed by atoms with van der Waals surface area (Å²) in [4.78, 5) is 21.1. The van der Waals surface area contributed by atoms with Gasteiger partial charge in [0.2, 0.25) is 5.60 Å². The number of carboxylic acid groups (broad SMARTS) is 1. The molecule has 1 N–H and O–H groups in total. The predicted octanol–water partition coefficient (Wildman–Crippen LogP) is 3.00. The average molecular weight is 305 g/mol. The average Bonchev–Trinajstić information content (AvgIpc) is 2.31. The van der Waals surface area contributed by atoms with Gasteiger partial charge < -0.3 is 9.84 Å². The number of carboxylic acids is 1. The Morgan fingerprint density at radius 1 is 1.38 bits per heavy atom. The van der Waals surface area contributed by atoms with Crippen molar-refractivity contribution in [3.05, 3.63) is 33.9 Å². The van der Waals surface area contributed by atoms with E-state index >= 15 is 0 Å². The molecule has 0 bridgehead atoms. The van der Waals surface area contributed by atoms with Crippen LogP contribution in [-0.2, 0) is 11.0 Å². The minimum absolute atomic E-state index is 0.0930. The Morgan fingerprint density at radius 3 is 2.38 bits per heavy atom. The van der Waals surface area contributed by atoms with Crippen molar-refractivity contribution in [1.29, 1.82) is 0 Å². The molecule has 0 atom stereocenters. The van der Waals surface area contributed by atoms with E-state index in [-0.39, 0.29) is 12.8 Å². The van der Waals surface area contributed by atoms with Crippen LogP contribution in [0.15, 0.2) is 18.2 Å². The first-order chi connectivity index (χ1) is 9.66.